The number of anilines is 2. The smallest absolute Gasteiger partial charge is 0.318 e. The van der Waals surface area contributed by atoms with Gasteiger partial charge in [-0.1, -0.05) is 24.8 Å². The summed E-state index contributed by atoms with van der Waals surface area (Å²) < 4.78 is 20.1. The van der Waals surface area contributed by atoms with E-state index >= 15 is 0 Å². The van der Waals surface area contributed by atoms with E-state index in [2.05, 4.69) is 70.2 Å². The van der Waals surface area contributed by atoms with Gasteiger partial charge in [0.2, 0.25) is 6.54 Å². The van der Waals surface area contributed by atoms with Gasteiger partial charge in [-0.3, -0.25) is 14.7 Å². The Bertz CT molecular complexity index is 1610. The minimum Gasteiger partial charge on any atom is -0.462 e. The normalized spacial score (nSPS) is 19.1. The molecule has 44 heavy (non-hydrogen) atoms. The fraction of sp³-hybridized carbons (Fsp3) is 0.485. The van der Waals surface area contributed by atoms with E-state index in [1.165, 1.54) is 28.7 Å². The zero-order valence-corrected chi connectivity index (χ0v) is 25.7. The van der Waals surface area contributed by atoms with Crippen LogP contribution in [-0.2, 0) is 17.8 Å². The summed E-state index contributed by atoms with van der Waals surface area (Å²) in [7, 11) is 2.13. The molecule has 10 nitrogen and oxygen atoms in total. The molecule has 2 aliphatic heterocycles. The highest BCUT2D eigenvalue weighted by Gasteiger charge is 2.36. The van der Waals surface area contributed by atoms with Crippen LogP contribution in [0.2, 0.25) is 0 Å². The number of amides is 1. The third-order valence-corrected chi connectivity index (χ3v) is 9.18. The van der Waals surface area contributed by atoms with Crippen molar-refractivity contribution < 1.29 is 13.9 Å². The molecule has 2 fully saturated rings. The van der Waals surface area contributed by atoms with E-state index in [1.54, 1.807) is 0 Å². The minimum absolute atomic E-state index is 0.0678. The molecule has 230 valence electrons. The van der Waals surface area contributed by atoms with Gasteiger partial charge in [-0.05, 0) is 45.7 Å². The largest absolute Gasteiger partial charge is 0.462 e. The average Bonchev–Trinajstić information content (AvgIpc) is 3.88. The van der Waals surface area contributed by atoms with Gasteiger partial charge in [0.1, 0.15) is 18.5 Å². The highest BCUT2D eigenvalue weighted by atomic mass is 19.1. The lowest BCUT2D eigenvalue weighted by Gasteiger charge is -2.41. The second kappa shape index (κ2) is 12.4. The van der Waals surface area contributed by atoms with Gasteiger partial charge in [0.15, 0.2) is 5.83 Å². The standard InChI is InChI=1S/C33H39FN8O2/c1-21-7-6-8-24-15-36-17-29(30(21)24)40-12-11-27-28(19-40)37-33(44-20-22(2)39(5)25-9-10-25)38-31(27)41-13-14-42(32(43)23(3)34)26(18-41)16-35-4/h6-8,15,17,22,25-26H,3,9-14,16,18-20H2,1-2,5H3/t22-,26-/m0/s1. The molecule has 3 aromatic rings. The van der Waals surface area contributed by atoms with Crippen LogP contribution in [0, 0.1) is 13.5 Å². The van der Waals surface area contributed by atoms with E-state index < -0.39 is 17.8 Å². The molecular weight excluding hydrogens is 559 g/mol. The highest BCUT2D eigenvalue weighted by molar-refractivity contribution is 5.96. The first kappa shape index (κ1) is 29.8. The molecule has 1 saturated heterocycles. The fourth-order valence-corrected chi connectivity index (χ4v) is 6.45. The Labute approximate surface area is 258 Å². The molecule has 3 aliphatic rings. The molecule has 0 unspecified atom stereocenters. The third-order valence-electron chi connectivity index (χ3n) is 9.18. The average molecular weight is 599 g/mol. The Kier molecular flexibility index (Phi) is 8.36. The summed E-state index contributed by atoms with van der Waals surface area (Å²) in [6.07, 6.45) is 6.97. The molecule has 1 aliphatic carbocycles. The summed E-state index contributed by atoms with van der Waals surface area (Å²) in [6, 6.07) is 6.92. The number of piperazine rings is 1. The lowest BCUT2D eigenvalue weighted by atomic mass is 10.0. The number of rotatable bonds is 9. The predicted molar refractivity (Wildman–Crippen MR) is 168 cm³/mol. The lowest BCUT2D eigenvalue weighted by Crippen LogP contribution is -2.57. The molecule has 0 spiro atoms. The topological polar surface area (TPSA) is 82.3 Å². The number of carbonyl (C=O) groups excluding carboxylic acids is 1. The van der Waals surface area contributed by atoms with E-state index in [-0.39, 0.29) is 19.1 Å². The number of pyridine rings is 1. The second-order valence-electron chi connectivity index (χ2n) is 12.2. The van der Waals surface area contributed by atoms with Crippen LogP contribution in [-0.4, -0.2) is 95.2 Å². The minimum atomic E-state index is -1.01. The number of ether oxygens (including phenoxy) is 1. The van der Waals surface area contributed by atoms with Gasteiger partial charge in [-0.2, -0.15) is 9.97 Å². The van der Waals surface area contributed by atoms with Crippen molar-refractivity contribution in [3.8, 4) is 6.01 Å². The van der Waals surface area contributed by atoms with E-state index in [9.17, 15) is 9.18 Å². The first-order chi connectivity index (χ1) is 21.2. The molecule has 1 amide bonds. The molecule has 4 heterocycles. The van der Waals surface area contributed by atoms with Crippen LogP contribution in [0.4, 0.5) is 15.9 Å². The SMILES string of the molecule is [C-]#[N+]C[C@H]1CN(c2nc(OC[C@H](C)N(C)C3CC3)nc3c2CCN(c2cncc4cccc(C)c24)C3)CCN1C(=O)C(=C)F. The van der Waals surface area contributed by atoms with Gasteiger partial charge in [0, 0.05) is 60.8 Å². The highest BCUT2D eigenvalue weighted by Crippen LogP contribution is 2.35. The van der Waals surface area contributed by atoms with Crippen molar-refractivity contribution in [1.82, 2.24) is 24.8 Å². The first-order valence-corrected chi connectivity index (χ1v) is 15.3. The molecule has 6 rings (SSSR count). The van der Waals surface area contributed by atoms with Gasteiger partial charge in [0.05, 0.1) is 24.1 Å². The van der Waals surface area contributed by atoms with Gasteiger partial charge >= 0.3 is 6.01 Å². The van der Waals surface area contributed by atoms with Crippen LogP contribution in [0.15, 0.2) is 43.0 Å². The molecule has 11 heteroatoms. The number of aryl methyl sites for hydroxylation is 1. The summed E-state index contributed by atoms with van der Waals surface area (Å²) in [5, 5.41) is 2.29. The molecule has 2 atom stereocenters. The predicted octanol–water partition coefficient (Wildman–Crippen LogP) is 4.18. The summed E-state index contributed by atoms with van der Waals surface area (Å²) in [4.78, 5) is 38.7. The van der Waals surface area contributed by atoms with E-state index in [4.69, 9.17) is 21.3 Å². The summed E-state index contributed by atoms with van der Waals surface area (Å²) in [6.45, 7) is 17.9. The number of halogens is 1. The van der Waals surface area contributed by atoms with Crippen LogP contribution in [0.5, 0.6) is 6.01 Å². The van der Waals surface area contributed by atoms with Crippen molar-refractivity contribution in [1.29, 1.82) is 0 Å². The number of nitrogens with zero attached hydrogens (tertiary/aromatic N) is 8. The van der Waals surface area contributed by atoms with Crippen molar-refractivity contribution in [3.05, 3.63) is 71.2 Å². The second-order valence-corrected chi connectivity index (χ2v) is 12.2. The number of fused-ring (bicyclic) bond motifs is 2. The monoisotopic (exact) mass is 598 g/mol. The Hall–Kier alpha value is -4.30. The van der Waals surface area contributed by atoms with Crippen LogP contribution in [0.3, 0.4) is 0 Å². The van der Waals surface area contributed by atoms with Crippen molar-refractivity contribution in [2.75, 3.05) is 56.2 Å². The van der Waals surface area contributed by atoms with E-state index in [0.717, 1.165) is 34.7 Å². The quantitative estimate of drug-likeness (QED) is 0.268. The van der Waals surface area contributed by atoms with Crippen LogP contribution in [0.25, 0.3) is 15.6 Å². The molecule has 0 radical (unpaired) electrons. The number of aromatic nitrogens is 3. The van der Waals surface area contributed by atoms with Crippen molar-refractivity contribution in [3.63, 3.8) is 0 Å². The number of benzene rings is 1. The first-order valence-electron chi connectivity index (χ1n) is 15.3. The van der Waals surface area contributed by atoms with Crippen LogP contribution in [0.1, 0.15) is 36.6 Å². The Balaban J connectivity index is 1.33. The number of likely N-dealkylation sites (N-methyl/N-ethyl adjacent to an activating group) is 1. The summed E-state index contributed by atoms with van der Waals surface area (Å²) >= 11 is 0. The van der Waals surface area contributed by atoms with Gasteiger partial charge in [-0.15, -0.1) is 0 Å². The molecule has 2 aromatic heterocycles. The molecule has 0 bridgehead atoms. The number of hydrogen-bond acceptors (Lipinski definition) is 8. The Morgan fingerprint density at radius 1 is 1.23 bits per heavy atom. The van der Waals surface area contributed by atoms with Gasteiger partial charge < -0.3 is 24.3 Å². The summed E-state index contributed by atoms with van der Waals surface area (Å²) in [5.74, 6) is -0.997. The van der Waals surface area contributed by atoms with Gasteiger partial charge in [0.25, 0.3) is 5.91 Å². The van der Waals surface area contributed by atoms with Crippen molar-refractivity contribution in [2.45, 2.75) is 57.8 Å². The Morgan fingerprint density at radius 2 is 2.05 bits per heavy atom. The molecular formula is C33H39FN8O2. The Morgan fingerprint density at radius 3 is 2.80 bits per heavy atom. The van der Waals surface area contributed by atoms with E-state index in [0.29, 0.717) is 44.7 Å². The van der Waals surface area contributed by atoms with Crippen molar-refractivity contribution in [2.24, 2.45) is 0 Å². The van der Waals surface area contributed by atoms with Crippen molar-refractivity contribution >= 4 is 28.2 Å². The zero-order chi connectivity index (χ0) is 31.0. The number of carbonyl (C=O) groups is 1. The number of hydrogen-bond donors (Lipinski definition) is 0. The van der Waals surface area contributed by atoms with Crippen LogP contribution < -0.4 is 14.5 Å². The lowest BCUT2D eigenvalue weighted by molar-refractivity contribution is -0.131. The molecule has 1 aromatic carbocycles. The maximum Gasteiger partial charge on any atom is 0.318 e. The molecule has 0 N–H and O–H groups in total. The van der Waals surface area contributed by atoms with Gasteiger partial charge in [-0.25, -0.2) is 11.0 Å². The van der Waals surface area contributed by atoms with Crippen LogP contribution >= 0.6 is 0 Å². The van der Waals surface area contributed by atoms with E-state index in [1.807, 2.05) is 12.4 Å². The maximum absolute atomic E-state index is 13.8. The fourth-order valence-electron chi connectivity index (χ4n) is 6.45. The molecule has 1 saturated carbocycles. The summed E-state index contributed by atoms with van der Waals surface area (Å²) in [5.41, 5.74) is 4.20. The third kappa shape index (κ3) is 5.91. The zero-order valence-electron chi connectivity index (χ0n) is 25.7. The maximum atomic E-state index is 13.8.